The predicted octanol–water partition coefficient (Wildman–Crippen LogP) is 1.23. The third kappa shape index (κ3) is 2.81. The van der Waals surface area contributed by atoms with Crippen molar-refractivity contribution in [1.82, 2.24) is 9.71 Å². The first kappa shape index (κ1) is 13.3. The van der Waals surface area contributed by atoms with E-state index in [9.17, 15) is 13.2 Å². The molecule has 0 aliphatic heterocycles. The first-order valence-corrected chi connectivity index (χ1v) is 7.64. The van der Waals surface area contributed by atoms with Gasteiger partial charge in [-0.25, -0.2) is 13.1 Å². The zero-order valence-corrected chi connectivity index (χ0v) is 11.2. The molecule has 1 aliphatic carbocycles. The van der Waals surface area contributed by atoms with Crippen LogP contribution in [0.2, 0.25) is 0 Å². The number of aromatic amines is 1. The predicted molar refractivity (Wildman–Crippen MR) is 68.8 cm³/mol. The molecule has 5 nitrogen and oxygen atoms in total. The summed E-state index contributed by atoms with van der Waals surface area (Å²) in [4.78, 5) is 13.9. The van der Waals surface area contributed by atoms with E-state index >= 15 is 0 Å². The highest BCUT2D eigenvalue weighted by Crippen LogP contribution is 2.49. The number of rotatable bonds is 6. The highest BCUT2D eigenvalue weighted by molar-refractivity contribution is 7.89. The first-order chi connectivity index (χ1) is 8.49. The van der Waals surface area contributed by atoms with Gasteiger partial charge in [0.25, 0.3) is 0 Å². The van der Waals surface area contributed by atoms with Gasteiger partial charge in [0.1, 0.15) is 4.90 Å². The van der Waals surface area contributed by atoms with E-state index in [4.69, 9.17) is 0 Å². The first-order valence-electron chi connectivity index (χ1n) is 6.16. The number of aromatic nitrogens is 1. The molecule has 1 fully saturated rings. The number of hydrogen-bond acceptors (Lipinski definition) is 3. The van der Waals surface area contributed by atoms with Crippen molar-refractivity contribution in [2.45, 2.75) is 37.5 Å². The second-order valence-electron chi connectivity index (χ2n) is 4.95. The lowest BCUT2D eigenvalue weighted by Gasteiger charge is -2.14. The Kier molecular flexibility index (Phi) is 3.59. The molecule has 2 N–H and O–H groups in total. The molecule has 0 radical (unpaired) electrons. The zero-order valence-electron chi connectivity index (χ0n) is 10.4. The maximum absolute atomic E-state index is 12.0. The number of pyridine rings is 1. The monoisotopic (exact) mass is 270 g/mol. The van der Waals surface area contributed by atoms with Crippen LogP contribution in [0.3, 0.4) is 0 Å². The minimum Gasteiger partial charge on any atom is -0.366 e. The SMILES string of the molecule is CCCC1(CNS(=O)(=O)c2c[nH]ccc2=O)CC1. The summed E-state index contributed by atoms with van der Waals surface area (Å²) in [5.74, 6) is 0. The lowest BCUT2D eigenvalue weighted by Crippen LogP contribution is -2.33. The molecule has 0 saturated heterocycles. The van der Waals surface area contributed by atoms with Gasteiger partial charge >= 0.3 is 0 Å². The lowest BCUT2D eigenvalue weighted by atomic mass is 10.0. The summed E-state index contributed by atoms with van der Waals surface area (Å²) in [6.45, 7) is 2.52. The minimum atomic E-state index is -3.70. The lowest BCUT2D eigenvalue weighted by molar-refractivity contribution is 0.449. The molecule has 1 aromatic heterocycles. The maximum atomic E-state index is 12.0. The van der Waals surface area contributed by atoms with Gasteiger partial charge in [-0.05, 0) is 24.7 Å². The van der Waals surface area contributed by atoms with E-state index < -0.39 is 15.5 Å². The Bertz CT molecular complexity index is 573. The average molecular weight is 270 g/mol. The van der Waals surface area contributed by atoms with Crippen molar-refractivity contribution < 1.29 is 8.42 Å². The van der Waals surface area contributed by atoms with E-state index in [0.717, 1.165) is 25.7 Å². The van der Waals surface area contributed by atoms with Gasteiger partial charge in [-0.3, -0.25) is 4.79 Å². The molecule has 2 rings (SSSR count). The Labute approximate surface area is 107 Å². The number of hydrogen-bond donors (Lipinski definition) is 2. The van der Waals surface area contributed by atoms with Gasteiger partial charge in [-0.1, -0.05) is 13.3 Å². The molecule has 1 aliphatic rings. The molecule has 0 atom stereocenters. The number of sulfonamides is 1. The molecule has 1 saturated carbocycles. The Morgan fingerprint density at radius 2 is 2.17 bits per heavy atom. The summed E-state index contributed by atoms with van der Waals surface area (Å²) in [5, 5.41) is 0. The van der Waals surface area contributed by atoms with Crippen LogP contribution in [0.15, 0.2) is 28.2 Å². The molecule has 1 heterocycles. The largest absolute Gasteiger partial charge is 0.366 e. The fraction of sp³-hybridized carbons (Fsp3) is 0.583. The Morgan fingerprint density at radius 3 is 2.72 bits per heavy atom. The van der Waals surface area contributed by atoms with Gasteiger partial charge in [-0.15, -0.1) is 0 Å². The van der Waals surface area contributed by atoms with E-state index in [-0.39, 0.29) is 10.3 Å². The van der Waals surface area contributed by atoms with Crippen LogP contribution in [-0.2, 0) is 10.0 Å². The summed E-state index contributed by atoms with van der Waals surface area (Å²) in [6, 6.07) is 1.22. The van der Waals surface area contributed by atoms with E-state index in [1.54, 1.807) is 0 Å². The molecule has 1 aromatic rings. The highest BCUT2D eigenvalue weighted by Gasteiger charge is 2.42. The summed E-state index contributed by atoms with van der Waals surface area (Å²) in [7, 11) is -3.70. The van der Waals surface area contributed by atoms with Gasteiger partial charge in [-0.2, -0.15) is 0 Å². The van der Waals surface area contributed by atoms with Gasteiger partial charge in [0, 0.05) is 25.0 Å². The van der Waals surface area contributed by atoms with Crippen LogP contribution in [0, 0.1) is 5.41 Å². The summed E-state index contributed by atoms with van der Waals surface area (Å²) < 4.78 is 26.6. The second kappa shape index (κ2) is 4.85. The van der Waals surface area contributed by atoms with E-state index in [1.165, 1.54) is 18.5 Å². The maximum Gasteiger partial charge on any atom is 0.245 e. The topological polar surface area (TPSA) is 79.0 Å². The smallest absolute Gasteiger partial charge is 0.245 e. The third-order valence-electron chi connectivity index (χ3n) is 3.45. The van der Waals surface area contributed by atoms with Crippen molar-refractivity contribution in [2.24, 2.45) is 5.41 Å². The number of H-pyrrole nitrogens is 1. The molecule has 6 heteroatoms. The van der Waals surface area contributed by atoms with E-state index in [1.807, 2.05) is 0 Å². The Morgan fingerprint density at radius 1 is 1.44 bits per heavy atom. The van der Waals surface area contributed by atoms with Crippen molar-refractivity contribution in [1.29, 1.82) is 0 Å². The van der Waals surface area contributed by atoms with Gasteiger partial charge < -0.3 is 4.98 Å². The standard InChI is InChI=1S/C12H18N2O3S/c1-2-4-12(5-6-12)9-14-18(16,17)11-8-13-7-3-10(11)15/h3,7-8,14H,2,4-6,9H2,1H3,(H,13,15). The van der Waals surface area contributed by atoms with Crippen LogP contribution in [0.25, 0.3) is 0 Å². The average Bonchev–Trinajstić information content (AvgIpc) is 3.08. The molecule has 0 aromatic carbocycles. The fourth-order valence-electron chi connectivity index (χ4n) is 2.16. The van der Waals surface area contributed by atoms with E-state index in [2.05, 4.69) is 16.6 Å². The van der Waals surface area contributed by atoms with E-state index in [0.29, 0.717) is 6.54 Å². The van der Waals surface area contributed by atoms with Crippen molar-refractivity contribution in [3.63, 3.8) is 0 Å². The normalized spacial score (nSPS) is 17.6. The van der Waals surface area contributed by atoms with Crippen LogP contribution in [0.4, 0.5) is 0 Å². The van der Waals surface area contributed by atoms with Crippen LogP contribution < -0.4 is 10.2 Å². The van der Waals surface area contributed by atoms with Crippen molar-refractivity contribution >= 4 is 10.0 Å². The summed E-state index contributed by atoms with van der Waals surface area (Å²) in [5.41, 5.74) is -0.356. The molecular formula is C12H18N2O3S. The molecule has 18 heavy (non-hydrogen) atoms. The summed E-state index contributed by atoms with van der Waals surface area (Å²) >= 11 is 0. The minimum absolute atomic E-state index is 0.128. The Hall–Kier alpha value is -1.14. The second-order valence-corrected chi connectivity index (χ2v) is 6.68. The van der Waals surface area contributed by atoms with Gasteiger partial charge in [0.2, 0.25) is 15.5 Å². The third-order valence-corrected chi connectivity index (χ3v) is 4.87. The molecule has 0 unspecified atom stereocenters. The van der Waals surface area contributed by atoms with Gasteiger partial charge in [0.05, 0.1) is 0 Å². The highest BCUT2D eigenvalue weighted by atomic mass is 32.2. The zero-order chi connectivity index (χ0) is 13.2. The van der Waals surface area contributed by atoms with Crippen molar-refractivity contribution in [2.75, 3.05) is 6.54 Å². The van der Waals surface area contributed by atoms with Crippen LogP contribution in [-0.4, -0.2) is 19.9 Å². The molecular weight excluding hydrogens is 252 g/mol. The molecule has 0 bridgehead atoms. The molecule has 100 valence electrons. The molecule has 0 amide bonds. The molecule has 0 spiro atoms. The summed E-state index contributed by atoms with van der Waals surface area (Å²) in [6.07, 6.45) is 6.85. The van der Waals surface area contributed by atoms with Crippen LogP contribution >= 0.6 is 0 Å². The quantitative estimate of drug-likeness (QED) is 0.816. The van der Waals surface area contributed by atoms with Crippen molar-refractivity contribution in [3.05, 3.63) is 28.7 Å². The van der Waals surface area contributed by atoms with Gasteiger partial charge in [0.15, 0.2) is 0 Å². The van der Waals surface area contributed by atoms with Crippen LogP contribution in [0.5, 0.6) is 0 Å². The number of nitrogens with one attached hydrogen (secondary N) is 2. The fourth-order valence-corrected chi connectivity index (χ4v) is 3.37. The van der Waals surface area contributed by atoms with Crippen LogP contribution in [0.1, 0.15) is 32.6 Å². The van der Waals surface area contributed by atoms with Crippen molar-refractivity contribution in [3.8, 4) is 0 Å². The Balaban J connectivity index is 2.09.